The largest absolute Gasteiger partial charge is 0.296 e. The molecule has 3 heteroatoms. The van der Waals surface area contributed by atoms with Gasteiger partial charge in [-0.1, -0.05) is 36.8 Å². The van der Waals surface area contributed by atoms with Crippen LogP contribution in [0.4, 0.5) is 0 Å². The first-order valence-corrected chi connectivity index (χ1v) is 6.90. The SMILES string of the molecule is Cc1cccc(C2C(=O)NC(=O)CC23CC(C)C3)c1. The maximum atomic E-state index is 12.3. The number of hydrogen-bond donors (Lipinski definition) is 1. The van der Waals surface area contributed by atoms with Gasteiger partial charge in [-0.2, -0.15) is 0 Å². The first-order valence-electron chi connectivity index (χ1n) is 6.90. The number of carbonyl (C=O) groups excluding carboxylic acids is 2. The van der Waals surface area contributed by atoms with Crippen LogP contribution in [0.1, 0.15) is 43.2 Å². The summed E-state index contributed by atoms with van der Waals surface area (Å²) in [5, 5.41) is 2.51. The van der Waals surface area contributed by atoms with E-state index < -0.39 is 0 Å². The van der Waals surface area contributed by atoms with E-state index in [9.17, 15) is 9.59 Å². The number of rotatable bonds is 1. The first kappa shape index (κ1) is 12.4. The van der Waals surface area contributed by atoms with E-state index in [1.165, 1.54) is 0 Å². The molecule has 0 aromatic heterocycles. The molecule has 1 N–H and O–H groups in total. The highest BCUT2D eigenvalue weighted by Crippen LogP contribution is 2.58. The van der Waals surface area contributed by atoms with E-state index in [0.29, 0.717) is 12.3 Å². The van der Waals surface area contributed by atoms with Crippen molar-refractivity contribution in [1.29, 1.82) is 0 Å². The predicted octanol–water partition coefficient (Wildman–Crippen LogP) is 2.54. The smallest absolute Gasteiger partial charge is 0.234 e. The van der Waals surface area contributed by atoms with Gasteiger partial charge in [-0.25, -0.2) is 0 Å². The van der Waals surface area contributed by atoms with Crippen LogP contribution in [0.5, 0.6) is 0 Å². The molecule has 2 aliphatic rings. The van der Waals surface area contributed by atoms with Crippen LogP contribution in [0.15, 0.2) is 24.3 Å². The predicted molar refractivity (Wildman–Crippen MR) is 72.5 cm³/mol. The third-order valence-corrected chi connectivity index (χ3v) is 4.54. The molecule has 1 spiro atoms. The summed E-state index contributed by atoms with van der Waals surface area (Å²) in [6.45, 7) is 4.22. The Bertz CT molecular complexity index is 543. The number of imide groups is 1. The molecule has 0 bridgehead atoms. The van der Waals surface area contributed by atoms with E-state index in [4.69, 9.17) is 0 Å². The average molecular weight is 257 g/mol. The second kappa shape index (κ2) is 4.19. The fourth-order valence-corrected chi connectivity index (χ4v) is 4.02. The van der Waals surface area contributed by atoms with Gasteiger partial charge >= 0.3 is 0 Å². The minimum atomic E-state index is -0.165. The molecule has 1 aliphatic carbocycles. The lowest BCUT2D eigenvalue weighted by molar-refractivity contribution is -0.145. The van der Waals surface area contributed by atoms with E-state index in [1.807, 2.05) is 25.1 Å². The van der Waals surface area contributed by atoms with Crippen LogP contribution in [0.25, 0.3) is 0 Å². The van der Waals surface area contributed by atoms with E-state index in [2.05, 4.69) is 18.3 Å². The van der Waals surface area contributed by atoms with Crippen LogP contribution in [0.2, 0.25) is 0 Å². The zero-order valence-electron chi connectivity index (χ0n) is 11.4. The number of carbonyl (C=O) groups is 2. The highest BCUT2D eigenvalue weighted by atomic mass is 16.2. The van der Waals surface area contributed by atoms with E-state index in [-0.39, 0.29) is 23.1 Å². The Morgan fingerprint density at radius 2 is 2.00 bits per heavy atom. The fraction of sp³-hybridized carbons (Fsp3) is 0.500. The molecular weight excluding hydrogens is 238 g/mol. The zero-order valence-corrected chi connectivity index (χ0v) is 11.4. The summed E-state index contributed by atoms with van der Waals surface area (Å²) in [6, 6.07) is 8.11. The van der Waals surface area contributed by atoms with Gasteiger partial charge in [0.05, 0.1) is 5.92 Å². The topological polar surface area (TPSA) is 46.2 Å². The van der Waals surface area contributed by atoms with Gasteiger partial charge in [0.15, 0.2) is 0 Å². The second-order valence-electron chi connectivity index (χ2n) is 6.31. The lowest BCUT2D eigenvalue weighted by Gasteiger charge is -2.52. The summed E-state index contributed by atoms with van der Waals surface area (Å²) < 4.78 is 0. The molecule has 1 saturated heterocycles. The lowest BCUT2D eigenvalue weighted by Crippen LogP contribution is -2.55. The van der Waals surface area contributed by atoms with Crippen LogP contribution >= 0.6 is 0 Å². The summed E-state index contributed by atoms with van der Waals surface area (Å²) >= 11 is 0. The van der Waals surface area contributed by atoms with E-state index >= 15 is 0 Å². The molecule has 3 rings (SSSR count). The summed E-state index contributed by atoms with van der Waals surface area (Å²) in [7, 11) is 0. The number of aryl methyl sites for hydroxylation is 1. The summed E-state index contributed by atoms with van der Waals surface area (Å²) in [4.78, 5) is 24.0. The summed E-state index contributed by atoms with van der Waals surface area (Å²) in [6.07, 6.45) is 2.44. The standard InChI is InChI=1S/C16H19NO2/c1-10-4-3-5-12(6-10)14-15(19)17-13(18)9-16(14)7-11(2)8-16/h3-6,11,14H,7-9H2,1-2H3,(H,17,18,19). The highest BCUT2D eigenvalue weighted by Gasteiger charge is 2.55. The van der Waals surface area contributed by atoms with Gasteiger partial charge in [-0.05, 0) is 36.7 Å². The Morgan fingerprint density at radius 3 is 2.63 bits per heavy atom. The van der Waals surface area contributed by atoms with Gasteiger partial charge in [-0.15, -0.1) is 0 Å². The molecule has 0 radical (unpaired) electrons. The van der Waals surface area contributed by atoms with E-state index in [1.54, 1.807) is 0 Å². The molecule has 1 aromatic carbocycles. The van der Waals surface area contributed by atoms with Crippen LogP contribution in [0, 0.1) is 18.3 Å². The van der Waals surface area contributed by atoms with Crippen molar-refractivity contribution >= 4 is 11.8 Å². The van der Waals surface area contributed by atoms with Crippen molar-refractivity contribution in [2.75, 3.05) is 0 Å². The molecule has 1 unspecified atom stereocenters. The molecule has 2 amide bonds. The number of nitrogens with one attached hydrogen (secondary N) is 1. The lowest BCUT2D eigenvalue weighted by atomic mass is 9.52. The fourth-order valence-electron chi connectivity index (χ4n) is 4.02. The molecule has 3 nitrogen and oxygen atoms in total. The van der Waals surface area contributed by atoms with E-state index in [0.717, 1.165) is 24.0 Å². The van der Waals surface area contributed by atoms with Gasteiger partial charge in [0.1, 0.15) is 0 Å². The Hall–Kier alpha value is -1.64. The minimum Gasteiger partial charge on any atom is -0.296 e. The molecule has 1 heterocycles. The molecule has 19 heavy (non-hydrogen) atoms. The van der Waals surface area contributed by atoms with Crippen LogP contribution in [-0.4, -0.2) is 11.8 Å². The third-order valence-electron chi connectivity index (χ3n) is 4.54. The number of hydrogen-bond acceptors (Lipinski definition) is 2. The average Bonchev–Trinajstić information content (AvgIpc) is 2.26. The molecule has 100 valence electrons. The van der Waals surface area contributed by atoms with Crippen molar-refractivity contribution in [2.24, 2.45) is 11.3 Å². The Labute approximate surface area is 113 Å². The summed E-state index contributed by atoms with van der Waals surface area (Å²) in [5.41, 5.74) is 2.08. The monoisotopic (exact) mass is 257 g/mol. The maximum Gasteiger partial charge on any atom is 0.234 e. The van der Waals surface area contributed by atoms with Crippen molar-refractivity contribution < 1.29 is 9.59 Å². The van der Waals surface area contributed by atoms with Crippen molar-refractivity contribution in [3.05, 3.63) is 35.4 Å². The normalized spacial score (nSPS) is 34.0. The second-order valence-corrected chi connectivity index (χ2v) is 6.31. The zero-order chi connectivity index (χ0) is 13.6. The van der Waals surface area contributed by atoms with Crippen molar-refractivity contribution in [1.82, 2.24) is 5.32 Å². The van der Waals surface area contributed by atoms with Gasteiger partial charge in [0.25, 0.3) is 0 Å². The van der Waals surface area contributed by atoms with Crippen LogP contribution in [0.3, 0.4) is 0 Å². The molecule has 1 saturated carbocycles. The van der Waals surface area contributed by atoms with Crippen molar-refractivity contribution in [3.63, 3.8) is 0 Å². The molecule has 1 aromatic rings. The number of benzene rings is 1. The van der Waals surface area contributed by atoms with Crippen molar-refractivity contribution in [2.45, 2.75) is 39.0 Å². The molecule has 1 aliphatic heterocycles. The Morgan fingerprint density at radius 1 is 1.26 bits per heavy atom. The molecule has 2 fully saturated rings. The number of piperidine rings is 1. The Kier molecular flexibility index (Phi) is 2.73. The molecular formula is C16H19NO2. The van der Waals surface area contributed by atoms with Crippen molar-refractivity contribution in [3.8, 4) is 0 Å². The van der Waals surface area contributed by atoms with Gasteiger partial charge in [0, 0.05) is 6.42 Å². The Balaban J connectivity index is 2.01. The number of amides is 2. The minimum absolute atomic E-state index is 0.110. The van der Waals surface area contributed by atoms with Gasteiger partial charge < -0.3 is 0 Å². The highest BCUT2D eigenvalue weighted by molar-refractivity contribution is 6.02. The first-order chi connectivity index (χ1) is 9.00. The van der Waals surface area contributed by atoms with Crippen LogP contribution in [-0.2, 0) is 9.59 Å². The summed E-state index contributed by atoms with van der Waals surface area (Å²) in [5.74, 6) is 0.224. The van der Waals surface area contributed by atoms with Crippen LogP contribution < -0.4 is 5.32 Å². The van der Waals surface area contributed by atoms with Gasteiger partial charge in [-0.3, -0.25) is 14.9 Å². The maximum absolute atomic E-state index is 12.3. The quantitative estimate of drug-likeness (QED) is 0.786. The third kappa shape index (κ3) is 1.97. The van der Waals surface area contributed by atoms with Gasteiger partial charge in [0.2, 0.25) is 11.8 Å². The molecule has 1 atom stereocenters.